The van der Waals surface area contributed by atoms with Crippen molar-refractivity contribution < 1.29 is 9.84 Å². The van der Waals surface area contributed by atoms with Crippen LogP contribution in [-0.2, 0) is 6.54 Å². The minimum atomic E-state index is -0.291. The molecule has 2 N–H and O–H groups in total. The summed E-state index contributed by atoms with van der Waals surface area (Å²) in [5, 5.41) is 14.5. The molecule has 5 rings (SSSR count). The molecule has 156 valence electrons. The fraction of sp³-hybridized carbons (Fsp3) is 0.381. The zero-order chi connectivity index (χ0) is 20.7. The predicted octanol–water partition coefficient (Wildman–Crippen LogP) is 4.58. The molecular weight excluding hydrogens is 466 g/mol. The zero-order valence-electron chi connectivity index (χ0n) is 16.5. The van der Waals surface area contributed by atoms with Crippen LogP contribution in [0.3, 0.4) is 0 Å². The highest BCUT2D eigenvalue weighted by Gasteiger charge is 2.23. The number of fused-ring (bicyclic) bond motifs is 2. The van der Waals surface area contributed by atoms with Crippen LogP contribution in [0.2, 0.25) is 0 Å². The molecule has 4 aromatic rings. The van der Waals surface area contributed by atoms with Crippen molar-refractivity contribution in [1.82, 2.24) is 19.5 Å². The lowest BCUT2D eigenvalue weighted by Crippen LogP contribution is -2.36. The second-order valence-corrected chi connectivity index (χ2v) is 9.50. The number of anilines is 1. The van der Waals surface area contributed by atoms with Gasteiger partial charge in [-0.3, -0.25) is 0 Å². The van der Waals surface area contributed by atoms with Crippen LogP contribution < -0.4 is 10.1 Å². The number of thiazole rings is 1. The van der Waals surface area contributed by atoms with Crippen LogP contribution in [0.25, 0.3) is 21.4 Å². The van der Waals surface area contributed by atoms with Crippen molar-refractivity contribution >= 4 is 53.8 Å². The Morgan fingerprint density at radius 2 is 2.10 bits per heavy atom. The number of imidazole rings is 1. The minimum Gasteiger partial charge on any atom is -0.480 e. The Hall–Kier alpha value is -2.23. The van der Waals surface area contributed by atoms with E-state index in [-0.39, 0.29) is 12.1 Å². The van der Waals surface area contributed by atoms with Crippen LogP contribution in [0.15, 0.2) is 35.1 Å². The van der Waals surface area contributed by atoms with Crippen molar-refractivity contribution in [3.63, 3.8) is 0 Å². The Kier molecular flexibility index (Phi) is 5.34. The van der Waals surface area contributed by atoms with Crippen LogP contribution in [0.4, 0.5) is 5.13 Å². The Morgan fingerprint density at radius 3 is 2.93 bits per heavy atom. The van der Waals surface area contributed by atoms with Gasteiger partial charge in [0.1, 0.15) is 5.52 Å². The molecule has 0 amide bonds. The van der Waals surface area contributed by atoms with Crippen LogP contribution in [0, 0.1) is 0 Å². The van der Waals surface area contributed by atoms with Gasteiger partial charge in [-0.15, -0.1) is 0 Å². The fourth-order valence-corrected chi connectivity index (χ4v) is 5.43. The molecule has 3 aromatic heterocycles. The third-order valence-electron chi connectivity index (χ3n) is 5.55. The summed E-state index contributed by atoms with van der Waals surface area (Å²) in [5.41, 5.74) is 3.72. The van der Waals surface area contributed by atoms with Crippen molar-refractivity contribution in [3.05, 3.63) is 40.6 Å². The van der Waals surface area contributed by atoms with Gasteiger partial charge in [0, 0.05) is 0 Å². The summed E-state index contributed by atoms with van der Waals surface area (Å²) in [7, 11) is 1.61. The van der Waals surface area contributed by atoms with Gasteiger partial charge in [0.2, 0.25) is 5.88 Å². The summed E-state index contributed by atoms with van der Waals surface area (Å²) >= 11 is 5.09. The normalized spacial score (nSPS) is 19.4. The van der Waals surface area contributed by atoms with Gasteiger partial charge in [0.15, 0.2) is 10.8 Å². The second kappa shape index (κ2) is 8.13. The molecule has 1 saturated carbocycles. The van der Waals surface area contributed by atoms with Crippen LogP contribution in [0.5, 0.6) is 5.88 Å². The van der Waals surface area contributed by atoms with Gasteiger partial charge in [0.05, 0.1) is 46.8 Å². The fourth-order valence-electron chi connectivity index (χ4n) is 3.97. The molecule has 0 radical (unpaired) electrons. The van der Waals surface area contributed by atoms with Gasteiger partial charge in [0.25, 0.3) is 0 Å². The highest BCUT2D eigenvalue weighted by molar-refractivity contribution is 9.10. The number of halogens is 1. The van der Waals surface area contributed by atoms with E-state index in [9.17, 15) is 5.11 Å². The number of aliphatic hydroxyl groups excluding tert-OH is 1. The lowest BCUT2D eigenvalue weighted by molar-refractivity contribution is 0.116. The lowest BCUT2D eigenvalue weighted by Gasteiger charge is -2.27. The molecule has 0 aliphatic heterocycles. The molecule has 1 aliphatic carbocycles. The maximum absolute atomic E-state index is 10.2. The van der Waals surface area contributed by atoms with Gasteiger partial charge in [-0.05, 0) is 52.5 Å². The first-order chi connectivity index (χ1) is 14.6. The van der Waals surface area contributed by atoms with Crippen molar-refractivity contribution in [2.75, 3.05) is 12.4 Å². The predicted molar refractivity (Wildman–Crippen MR) is 122 cm³/mol. The van der Waals surface area contributed by atoms with E-state index in [2.05, 4.69) is 43.3 Å². The topological polar surface area (TPSA) is 85.1 Å². The molecule has 2 atom stereocenters. The molecule has 1 fully saturated rings. The molecule has 1 aliphatic rings. The third kappa shape index (κ3) is 3.77. The quantitative estimate of drug-likeness (QED) is 0.428. The van der Waals surface area contributed by atoms with Gasteiger partial charge in [-0.25, -0.2) is 9.97 Å². The molecule has 3 heterocycles. The Balaban J connectivity index is 1.39. The Bertz CT molecular complexity index is 1210. The molecule has 0 saturated heterocycles. The number of benzene rings is 1. The van der Waals surface area contributed by atoms with Gasteiger partial charge in [-0.2, -0.15) is 4.98 Å². The smallest absolute Gasteiger partial charge is 0.229 e. The maximum atomic E-state index is 10.2. The van der Waals surface area contributed by atoms with Crippen LogP contribution >= 0.6 is 27.3 Å². The number of methoxy groups -OCH3 is 1. The molecule has 9 heteroatoms. The first kappa shape index (κ1) is 19.7. The number of pyridine rings is 1. The SMILES string of the molecule is COc1nc2c(cc1Br)ncn2Cc1ccc2nc(NC3CCCCC3O)sc2c1. The number of rotatable bonds is 5. The first-order valence-corrected chi connectivity index (χ1v) is 11.6. The van der Waals surface area contributed by atoms with Crippen LogP contribution in [-0.4, -0.2) is 43.9 Å². The molecular formula is C21H22BrN5O2S. The average molecular weight is 488 g/mol. The summed E-state index contributed by atoms with van der Waals surface area (Å²) in [4.78, 5) is 13.7. The van der Waals surface area contributed by atoms with Crippen molar-refractivity contribution in [2.45, 2.75) is 44.4 Å². The largest absolute Gasteiger partial charge is 0.480 e. The van der Waals surface area contributed by atoms with Gasteiger partial charge >= 0.3 is 0 Å². The van der Waals surface area contributed by atoms with Crippen molar-refractivity contribution in [2.24, 2.45) is 0 Å². The number of aliphatic hydroxyl groups is 1. The van der Waals surface area contributed by atoms with E-state index in [1.807, 2.05) is 16.7 Å². The molecule has 7 nitrogen and oxygen atoms in total. The Morgan fingerprint density at radius 1 is 1.23 bits per heavy atom. The number of hydrogen-bond acceptors (Lipinski definition) is 7. The monoisotopic (exact) mass is 487 g/mol. The van der Waals surface area contributed by atoms with E-state index in [4.69, 9.17) is 9.72 Å². The zero-order valence-corrected chi connectivity index (χ0v) is 18.9. The molecule has 0 spiro atoms. The maximum Gasteiger partial charge on any atom is 0.229 e. The first-order valence-electron chi connectivity index (χ1n) is 10.00. The summed E-state index contributed by atoms with van der Waals surface area (Å²) in [6.07, 6.45) is 5.61. The highest BCUT2D eigenvalue weighted by atomic mass is 79.9. The second-order valence-electron chi connectivity index (χ2n) is 7.62. The number of ether oxygens (including phenoxy) is 1. The number of hydrogen-bond donors (Lipinski definition) is 2. The molecule has 1 aromatic carbocycles. The Labute approximate surface area is 186 Å². The molecule has 2 unspecified atom stereocenters. The summed E-state index contributed by atoms with van der Waals surface area (Å²) in [6, 6.07) is 8.31. The third-order valence-corrected chi connectivity index (χ3v) is 7.07. The van der Waals surface area contributed by atoms with Crippen molar-refractivity contribution in [3.8, 4) is 5.88 Å². The average Bonchev–Trinajstić information content (AvgIpc) is 3.32. The van der Waals surface area contributed by atoms with E-state index in [0.29, 0.717) is 12.4 Å². The van der Waals surface area contributed by atoms with E-state index in [1.165, 1.54) is 0 Å². The van der Waals surface area contributed by atoms with Crippen LogP contribution in [0.1, 0.15) is 31.2 Å². The molecule has 0 bridgehead atoms. The summed E-state index contributed by atoms with van der Waals surface area (Å²) in [6.45, 7) is 0.659. The van der Waals surface area contributed by atoms with E-state index < -0.39 is 0 Å². The van der Waals surface area contributed by atoms with E-state index in [0.717, 1.165) is 62.2 Å². The number of nitrogens with one attached hydrogen (secondary N) is 1. The van der Waals surface area contributed by atoms with Crippen molar-refractivity contribution in [1.29, 1.82) is 0 Å². The summed E-state index contributed by atoms with van der Waals surface area (Å²) < 4.78 is 9.26. The lowest BCUT2D eigenvalue weighted by atomic mass is 9.93. The van der Waals surface area contributed by atoms with Gasteiger partial charge < -0.3 is 19.7 Å². The minimum absolute atomic E-state index is 0.0940. The number of nitrogens with zero attached hydrogens (tertiary/aromatic N) is 4. The number of aromatic nitrogens is 4. The highest BCUT2D eigenvalue weighted by Crippen LogP contribution is 2.31. The van der Waals surface area contributed by atoms with E-state index in [1.54, 1.807) is 24.8 Å². The summed E-state index contributed by atoms with van der Waals surface area (Å²) in [5.74, 6) is 0.544. The van der Waals surface area contributed by atoms with Gasteiger partial charge in [-0.1, -0.05) is 30.2 Å². The van der Waals surface area contributed by atoms with E-state index >= 15 is 0 Å². The standard InChI is InChI=1S/C21H22BrN5O2S/c1-29-20-13(22)9-16-19(26-20)27(11-23-16)10-12-6-7-15-18(8-12)30-21(25-15)24-14-4-2-3-5-17(14)28/h6-9,11,14,17,28H,2-5,10H2,1H3,(H,24,25). The molecule has 30 heavy (non-hydrogen) atoms.